The van der Waals surface area contributed by atoms with Gasteiger partial charge in [0.05, 0.1) is 0 Å². The predicted octanol–water partition coefficient (Wildman–Crippen LogP) is 3.59. The van der Waals surface area contributed by atoms with Gasteiger partial charge in [-0.3, -0.25) is 5.11 Å². The van der Waals surface area contributed by atoms with Crippen LogP contribution in [0.15, 0.2) is 61.2 Å². The van der Waals surface area contributed by atoms with Crippen molar-refractivity contribution in [2.75, 3.05) is 0 Å². The van der Waals surface area contributed by atoms with Gasteiger partial charge in [0.1, 0.15) is 5.75 Å². The Kier molecular flexibility index (Phi) is 3.44. The molecule has 0 aliphatic carbocycles. The molecule has 0 fully saturated rings. The van der Waals surface area contributed by atoms with Gasteiger partial charge in [-0.25, -0.2) is 4.79 Å². The summed E-state index contributed by atoms with van der Waals surface area (Å²) >= 11 is 0. The molecule has 3 nitrogen and oxygen atoms in total. The van der Waals surface area contributed by atoms with Gasteiger partial charge in [-0.1, -0.05) is 36.9 Å². The van der Waals surface area contributed by atoms with Crippen LogP contribution in [0.2, 0.25) is 0 Å². The Morgan fingerprint density at radius 2 is 1.83 bits per heavy atom. The Labute approximate surface area is 105 Å². The Bertz CT molecular complexity index is 574. The lowest BCUT2D eigenvalue weighted by Gasteiger charge is -2.08. The van der Waals surface area contributed by atoms with E-state index in [1.54, 1.807) is 6.07 Å². The van der Waals surface area contributed by atoms with Crippen LogP contribution in [0.3, 0.4) is 0 Å². The zero-order valence-electron chi connectivity index (χ0n) is 9.63. The van der Waals surface area contributed by atoms with Gasteiger partial charge < -0.3 is 4.74 Å². The highest BCUT2D eigenvalue weighted by atomic mass is 16.5. The van der Waals surface area contributed by atoms with Crippen LogP contribution in [0.25, 0.3) is 11.1 Å². The third kappa shape index (κ3) is 2.58. The maximum atomic E-state index is 11.3. The number of ether oxygens (including phenoxy) is 1. The van der Waals surface area contributed by atoms with E-state index in [1.165, 1.54) is 12.1 Å². The van der Waals surface area contributed by atoms with Crippen LogP contribution in [0.1, 0.15) is 0 Å². The summed E-state index contributed by atoms with van der Waals surface area (Å²) in [5, 5.41) is 11.3. The van der Waals surface area contributed by atoms with Crippen LogP contribution >= 0.6 is 0 Å². The van der Waals surface area contributed by atoms with E-state index in [9.17, 15) is 9.90 Å². The number of benzene rings is 2. The van der Waals surface area contributed by atoms with Gasteiger partial charge >= 0.3 is 5.97 Å². The van der Waals surface area contributed by atoms with Crippen molar-refractivity contribution in [1.82, 2.24) is 0 Å². The van der Waals surface area contributed by atoms with Crippen LogP contribution in [0, 0.1) is 0 Å². The van der Waals surface area contributed by atoms with E-state index in [0.29, 0.717) is 5.56 Å². The van der Waals surface area contributed by atoms with Crippen LogP contribution < -0.4 is 4.74 Å². The largest absolute Gasteiger partial charge is 0.423 e. The molecule has 0 aliphatic heterocycles. The van der Waals surface area contributed by atoms with Gasteiger partial charge in [-0.05, 0) is 17.7 Å². The Morgan fingerprint density at radius 1 is 1.11 bits per heavy atom. The maximum Gasteiger partial charge on any atom is 0.335 e. The lowest BCUT2D eigenvalue weighted by atomic mass is 10.0. The van der Waals surface area contributed by atoms with Crippen molar-refractivity contribution in [3.63, 3.8) is 0 Å². The van der Waals surface area contributed by atoms with E-state index in [4.69, 9.17) is 4.74 Å². The van der Waals surface area contributed by atoms with Crippen LogP contribution in [0.4, 0.5) is 0 Å². The second kappa shape index (κ2) is 5.19. The third-order valence-electron chi connectivity index (χ3n) is 2.42. The molecule has 89 valence electrons. The molecular formula is C15H11O3. The van der Waals surface area contributed by atoms with E-state index >= 15 is 0 Å². The number of rotatable bonds is 3. The number of hydrogen-bond donors (Lipinski definition) is 0. The topological polar surface area (TPSA) is 46.2 Å². The van der Waals surface area contributed by atoms with E-state index in [1.807, 2.05) is 30.3 Å². The van der Waals surface area contributed by atoms with Crippen molar-refractivity contribution in [2.45, 2.75) is 0 Å². The molecule has 0 N–H and O–H groups in total. The molecule has 0 amide bonds. The molecule has 2 rings (SSSR count). The first-order valence-corrected chi connectivity index (χ1v) is 5.41. The van der Waals surface area contributed by atoms with Crippen molar-refractivity contribution in [3.8, 4) is 22.6 Å². The summed E-state index contributed by atoms with van der Waals surface area (Å²) in [6.45, 7) is 3.33. The van der Waals surface area contributed by atoms with Crippen LogP contribution in [-0.4, -0.2) is 5.97 Å². The van der Waals surface area contributed by atoms with Crippen molar-refractivity contribution >= 4 is 5.97 Å². The molecule has 0 saturated heterocycles. The summed E-state index contributed by atoms with van der Waals surface area (Å²) in [7, 11) is 0. The van der Waals surface area contributed by atoms with Gasteiger partial charge in [0.25, 0.3) is 0 Å². The molecule has 0 aliphatic rings. The van der Waals surface area contributed by atoms with Gasteiger partial charge in [0, 0.05) is 17.7 Å². The minimum atomic E-state index is -0.585. The summed E-state index contributed by atoms with van der Waals surface area (Å²) in [5.74, 6) is -0.544. The Balaban J connectivity index is 2.47. The quantitative estimate of drug-likeness (QED) is 0.467. The van der Waals surface area contributed by atoms with E-state index < -0.39 is 5.97 Å². The second-order valence-electron chi connectivity index (χ2n) is 3.65. The predicted molar refractivity (Wildman–Crippen MR) is 67.8 cm³/mol. The molecule has 0 atom stereocenters. The Morgan fingerprint density at radius 3 is 2.50 bits per heavy atom. The molecule has 0 bridgehead atoms. The highest BCUT2D eigenvalue weighted by Crippen LogP contribution is 2.33. The fraction of sp³-hybridized carbons (Fsp3) is 0. The first-order valence-electron chi connectivity index (χ1n) is 5.41. The average Bonchev–Trinajstić information content (AvgIpc) is 2.40. The number of hydrogen-bond acceptors (Lipinski definition) is 2. The van der Waals surface area contributed by atoms with Crippen molar-refractivity contribution in [2.24, 2.45) is 0 Å². The fourth-order valence-corrected chi connectivity index (χ4v) is 1.59. The summed E-state index contributed by atoms with van der Waals surface area (Å²) in [5.41, 5.74) is 1.58. The minimum Gasteiger partial charge on any atom is -0.423 e. The molecule has 0 unspecified atom stereocenters. The molecule has 0 saturated carbocycles. The molecule has 2 aromatic rings. The number of carbonyl (C=O) groups is 1. The first kappa shape index (κ1) is 11.9. The highest BCUT2D eigenvalue weighted by molar-refractivity contribution is 5.85. The normalized spacial score (nSPS) is 9.78. The van der Waals surface area contributed by atoms with Gasteiger partial charge in [-0.15, -0.1) is 0 Å². The lowest BCUT2D eigenvalue weighted by Crippen LogP contribution is -2.04. The molecule has 18 heavy (non-hydrogen) atoms. The molecule has 0 heterocycles. The second-order valence-corrected chi connectivity index (χ2v) is 3.65. The summed E-state index contributed by atoms with van der Waals surface area (Å²) in [6, 6.07) is 13.8. The highest BCUT2D eigenvalue weighted by Gasteiger charge is 2.10. The van der Waals surface area contributed by atoms with Gasteiger partial charge in [0.2, 0.25) is 0 Å². The summed E-state index contributed by atoms with van der Waals surface area (Å²) in [6.07, 6.45) is 1.06. The number of carbonyl (C=O) groups excluding carboxylic acids is 1. The monoisotopic (exact) mass is 239 g/mol. The summed E-state index contributed by atoms with van der Waals surface area (Å²) in [4.78, 5) is 11.2. The van der Waals surface area contributed by atoms with Crippen molar-refractivity contribution < 1.29 is 14.6 Å². The maximum absolute atomic E-state index is 11.3. The molecule has 1 radical (unpaired) electrons. The molecule has 0 aromatic heterocycles. The standard InChI is InChI=1S/C15H11O3/c1-2-15(17)18-14-10-12(16)8-9-13(14)11-6-4-3-5-7-11/h2-10H,1H2. The zero-order valence-corrected chi connectivity index (χ0v) is 9.63. The average molecular weight is 239 g/mol. The Hall–Kier alpha value is -2.55. The molecule has 0 spiro atoms. The van der Waals surface area contributed by atoms with E-state index in [0.717, 1.165) is 11.6 Å². The van der Waals surface area contributed by atoms with Crippen molar-refractivity contribution in [3.05, 3.63) is 61.2 Å². The smallest absolute Gasteiger partial charge is 0.335 e. The SMILES string of the molecule is C=CC(=O)Oc1cc([O])ccc1-c1ccccc1. The van der Waals surface area contributed by atoms with Crippen molar-refractivity contribution in [1.29, 1.82) is 0 Å². The molecular weight excluding hydrogens is 228 g/mol. The van der Waals surface area contributed by atoms with E-state index in [2.05, 4.69) is 6.58 Å². The van der Waals surface area contributed by atoms with Gasteiger partial charge in [0.15, 0.2) is 5.75 Å². The zero-order chi connectivity index (χ0) is 13.0. The van der Waals surface area contributed by atoms with Crippen LogP contribution in [-0.2, 0) is 9.90 Å². The minimum absolute atomic E-state index is 0.207. The molecule has 3 heteroatoms. The van der Waals surface area contributed by atoms with E-state index in [-0.39, 0.29) is 11.5 Å². The first-order chi connectivity index (χ1) is 8.70. The third-order valence-corrected chi connectivity index (χ3v) is 2.42. The number of esters is 1. The fourth-order valence-electron chi connectivity index (χ4n) is 1.59. The molecule has 2 aromatic carbocycles. The lowest BCUT2D eigenvalue weighted by molar-refractivity contribution is -0.128. The van der Waals surface area contributed by atoms with Gasteiger partial charge in [-0.2, -0.15) is 0 Å². The van der Waals surface area contributed by atoms with Crippen LogP contribution in [0.5, 0.6) is 11.5 Å². The summed E-state index contributed by atoms with van der Waals surface area (Å²) < 4.78 is 5.07.